The summed E-state index contributed by atoms with van der Waals surface area (Å²) in [5.74, 6) is 3.76. The maximum absolute atomic E-state index is 10.2. The second-order valence-electron chi connectivity index (χ2n) is 7.15. The van der Waals surface area contributed by atoms with Crippen molar-refractivity contribution in [3.8, 4) is 11.5 Å². The van der Waals surface area contributed by atoms with Crippen LogP contribution < -0.4 is 0 Å². The van der Waals surface area contributed by atoms with Crippen LogP contribution in [0.3, 0.4) is 0 Å². The molecule has 0 amide bonds. The van der Waals surface area contributed by atoms with Gasteiger partial charge in [0.05, 0.1) is 12.2 Å². The Bertz CT molecular complexity index is 344. The number of hydrogen-bond acceptors (Lipinski definition) is 2. The van der Waals surface area contributed by atoms with Gasteiger partial charge in [-0.2, -0.15) is 0 Å². The highest BCUT2D eigenvalue weighted by atomic mass is 28.3. The van der Waals surface area contributed by atoms with Crippen molar-refractivity contribution >= 4 is 8.07 Å². The van der Waals surface area contributed by atoms with Gasteiger partial charge in [0.25, 0.3) is 0 Å². The van der Waals surface area contributed by atoms with Crippen molar-refractivity contribution in [2.45, 2.75) is 82.9 Å². The summed E-state index contributed by atoms with van der Waals surface area (Å²) in [7, 11) is -1.40. The predicted molar refractivity (Wildman–Crippen MR) is 81.6 cm³/mol. The van der Waals surface area contributed by atoms with Crippen LogP contribution >= 0.6 is 0 Å². The van der Waals surface area contributed by atoms with Gasteiger partial charge in [-0.05, 0) is 31.6 Å². The Morgan fingerprint density at radius 2 is 1.74 bits per heavy atom. The van der Waals surface area contributed by atoms with Crippen LogP contribution in [-0.4, -0.2) is 31.5 Å². The molecule has 3 heteroatoms. The van der Waals surface area contributed by atoms with Gasteiger partial charge in [0.15, 0.2) is 0 Å². The van der Waals surface area contributed by atoms with E-state index in [-0.39, 0.29) is 6.10 Å². The monoisotopic (exact) mass is 280 g/mol. The molecule has 1 heterocycles. The molecule has 0 aromatic carbocycles. The first-order valence-electron chi connectivity index (χ1n) is 7.82. The summed E-state index contributed by atoms with van der Waals surface area (Å²) < 4.78 is 6.09. The molecule has 0 unspecified atom stereocenters. The van der Waals surface area contributed by atoms with Crippen LogP contribution in [0.5, 0.6) is 0 Å². The lowest BCUT2D eigenvalue weighted by atomic mass is 9.84. The minimum atomic E-state index is -1.40. The highest BCUT2D eigenvalue weighted by Gasteiger charge is 2.35. The third-order valence-corrected chi connectivity index (χ3v) is 5.10. The molecule has 0 aromatic heterocycles. The molecule has 2 fully saturated rings. The molecule has 1 N–H and O–H groups in total. The smallest absolute Gasteiger partial charge is 0.140 e. The molecule has 0 radical (unpaired) electrons. The van der Waals surface area contributed by atoms with E-state index in [1.165, 1.54) is 32.1 Å². The van der Waals surface area contributed by atoms with Gasteiger partial charge in [-0.3, -0.25) is 0 Å². The maximum atomic E-state index is 10.2. The molecule has 19 heavy (non-hydrogen) atoms. The highest BCUT2D eigenvalue weighted by molar-refractivity contribution is 6.83. The first kappa shape index (κ1) is 15.1. The molecule has 2 aliphatic rings. The lowest BCUT2D eigenvalue weighted by Gasteiger charge is -2.27. The lowest BCUT2D eigenvalue weighted by molar-refractivity contribution is -0.0396. The topological polar surface area (TPSA) is 29.5 Å². The van der Waals surface area contributed by atoms with E-state index in [0.29, 0.717) is 6.10 Å². The summed E-state index contributed by atoms with van der Waals surface area (Å²) in [6.45, 7) is 6.60. The van der Waals surface area contributed by atoms with Crippen molar-refractivity contribution in [1.29, 1.82) is 0 Å². The van der Waals surface area contributed by atoms with Crippen molar-refractivity contribution < 1.29 is 9.84 Å². The van der Waals surface area contributed by atoms with Crippen LogP contribution in [-0.2, 0) is 4.74 Å². The Balaban J connectivity index is 1.85. The van der Waals surface area contributed by atoms with Gasteiger partial charge in [-0.15, -0.1) is 5.54 Å². The fraction of sp³-hybridized carbons (Fsp3) is 0.875. The van der Waals surface area contributed by atoms with Gasteiger partial charge >= 0.3 is 0 Å². The third kappa shape index (κ3) is 4.63. The second-order valence-corrected chi connectivity index (χ2v) is 11.9. The summed E-state index contributed by atoms with van der Waals surface area (Å²) in [5, 5.41) is 10.2. The van der Waals surface area contributed by atoms with Gasteiger partial charge in [0, 0.05) is 0 Å². The Morgan fingerprint density at radius 3 is 2.37 bits per heavy atom. The van der Waals surface area contributed by atoms with Crippen LogP contribution in [0.25, 0.3) is 0 Å². The molecule has 2 nitrogen and oxygen atoms in total. The first-order valence-corrected chi connectivity index (χ1v) is 11.3. The average Bonchev–Trinajstić information content (AvgIpc) is 2.86. The van der Waals surface area contributed by atoms with Gasteiger partial charge in [-0.25, -0.2) is 0 Å². The number of aliphatic hydroxyl groups excluding tert-OH is 1. The van der Waals surface area contributed by atoms with Crippen LogP contribution in [0.15, 0.2) is 0 Å². The summed E-state index contributed by atoms with van der Waals surface area (Å²) in [6, 6.07) is 0. The predicted octanol–water partition coefficient (Wildman–Crippen LogP) is 3.36. The fourth-order valence-corrected chi connectivity index (χ4v) is 3.74. The first-order chi connectivity index (χ1) is 8.96. The molecule has 3 atom stereocenters. The zero-order chi connectivity index (χ0) is 13.9. The zero-order valence-electron chi connectivity index (χ0n) is 12.6. The van der Waals surface area contributed by atoms with Crippen molar-refractivity contribution in [2.75, 3.05) is 0 Å². The van der Waals surface area contributed by atoms with Crippen molar-refractivity contribution in [3.63, 3.8) is 0 Å². The second kappa shape index (κ2) is 6.43. The van der Waals surface area contributed by atoms with E-state index in [0.717, 1.165) is 18.8 Å². The summed E-state index contributed by atoms with van der Waals surface area (Å²) in [4.78, 5) is 0. The number of ether oxygens (including phenoxy) is 1. The van der Waals surface area contributed by atoms with Crippen molar-refractivity contribution in [1.82, 2.24) is 0 Å². The van der Waals surface area contributed by atoms with Gasteiger partial charge in [0.1, 0.15) is 14.2 Å². The zero-order valence-corrected chi connectivity index (χ0v) is 13.6. The molecule has 0 aromatic rings. The molecule has 1 saturated carbocycles. The number of rotatable bonds is 2. The van der Waals surface area contributed by atoms with Gasteiger partial charge < -0.3 is 9.84 Å². The summed E-state index contributed by atoms with van der Waals surface area (Å²) in [6.07, 6.45) is 8.56. The normalized spacial score (nSPS) is 30.7. The fourth-order valence-electron chi connectivity index (χ4n) is 3.16. The molecule has 2 rings (SSSR count). The standard InChI is InChI=1S/C16H28O2Si/c1-19(2,3)12-11-14(17)16-10-9-15(18-16)13-7-5-4-6-8-13/h13-17H,4-10H2,1-3H3/t14-,15+,16+/m0/s1. The molecule has 0 bridgehead atoms. The maximum Gasteiger partial charge on any atom is 0.140 e. The summed E-state index contributed by atoms with van der Waals surface area (Å²) in [5.41, 5.74) is 3.25. The van der Waals surface area contributed by atoms with Crippen molar-refractivity contribution in [3.05, 3.63) is 0 Å². The quantitative estimate of drug-likeness (QED) is 0.621. The molecule has 108 valence electrons. The average molecular weight is 280 g/mol. The summed E-state index contributed by atoms with van der Waals surface area (Å²) >= 11 is 0. The molecular weight excluding hydrogens is 252 g/mol. The molecule has 1 saturated heterocycles. The minimum absolute atomic E-state index is 0.0456. The molecule has 1 aliphatic carbocycles. The Kier molecular flexibility index (Phi) is 5.11. The van der Waals surface area contributed by atoms with Crippen LogP contribution in [0.4, 0.5) is 0 Å². The Hall–Kier alpha value is -0.303. The Labute approximate surface area is 118 Å². The van der Waals surface area contributed by atoms with E-state index in [9.17, 15) is 5.11 Å². The van der Waals surface area contributed by atoms with E-state index in [4.69, 9.17) is 4.74 Å². The largest absolute Gasteiger partial charge is 0.378 e. The molecular formula is C16H28O2Si. The lowest BCUT2D eigenvalue weighted by Crippen LogP contribution is -2.29. The van der Waals surface area contributed by atoms with Crippen LogP contribution in [0, 0.1) is 17.4 Å². The SMILES string of the molecule is C[Si](C)(C)C#C[C@H](O)[C@H]1CC[C@H](C2CCCCC2)O1. The number of hydrogen-bond donors (Lipinski definition) is 1. The van der Waals surface area contributed by atoms with Crippen LogP contribution in [0.2, 0.25) is 19.6 Å². The van der Waals surface area contributed by atoms with Crippen LogP contribution in [0.1, 0.15) is 44.9 Å². The van der Waals surface area contributed by atoms with E-state index >= 15 is 0 Å². The van der Waals surface area contributed by atoms with Gasteiger partial charge in [0.2, 0.25) is 0 Å². The minimum Gasteiger partial charge on any atom is -0.378 e. The molecule has 1 aliphatic heterocycles. The van der Waals surface area contributed by atoms with Crippen molar-refractivity contribution in [2.24, 2.45) is 5.92 Å². The highest BCUT2D eigenvalue weighted by Crippen LogP contribution is 2.35. The Morgan fingerprint density at radius 1 is 1.05 bits per heavy atom. The number of aliphatic hydroxyl groups is 1. The van der Waals surface area contributed by atoms with E-state index in [1.54, 1.807) is 0 Å². The van der Waals surface area contributed by atoms with Gasteiger partial charge in [-0.1, -0.05) is 44.8 Å². The molecule has 0 spiro atoms. The van der Waals surface area contributed by atoms with E-state index in [1.807, 2.05) is 0 Å². The third-order valence-electron chi connectivity index (χ3n) is 4.21. The van der Waals surface area contributed by atoms with E-state index < -0.39 is 14.2 Å². The van der Waals surface area contributed by atoms with E-state index in [2.05, 4.69) is 31.1 Å².